The number of benzene rings is 2. The Morgan fingerprint density at radius 3 is 2.48 bits per heavy atom. The molecule has 128 valence electrons. The van der Waals surface area contributed by atoms with Crippen LogP contribution < -0.4 is 0 Å². The minimum absolute atomic E-state index is 0.00295. The third-order valence-corrected chi connectivity index (χ3v) is 4.83. The number of hydrogen-bond acceptors (Lipinski definition) is 4. The predicted molar refractivity (Wildman–Crippen MR) is 98.8 cm³/mol. The van der Waals surface area contributed by atoms with Gasteiger partial charge in [-0.05, 0) is 18.6 Å². The van der Waals surface area contributed by atoms with Gasteiger partial charge in [0.1, 0.15) is 11.3 Å². The largest absolute Gasteiger partial charge is 0.505 e. The van der Waals surface area contributed by atoms with E-state index in [1.54, 1.807) is 0 Å². The Bertz CT molecular complexity index is 874. The number of morpholine rings is 1. The van der Waals surface area contributed by atoms with Crippen molar-refractivity contribution in [2.24, 2.45) is 0 Å². The third kappa shape index (κ3) is 3.11. The molecular formula is C21H22N2O2. The van der Waals surface area contributed by atoms with Gasteiger partial charge < -0.3 is 9.84 Å². The lowest BCUT2D eigenvalue weighted by molar-refractivity contribution is 0.0236. The molecule has 3 aromatic rings. The first-order valence-corrected chi connectivity index (χ1v) is 8.70. The molecule has 0 bridgehead atoms. The van der Waals surface area contributed by atoms with Gasteiger partial charge in [-0.15, -0.1) is 0 Å². The van der Waals surface area contributed by atoms with Crippen LogP contribution in [0.5, 0.6) is 5.75 Å². The Balaban J connectivity index is 1.86. The zero-order valence-electron chi connectivity index (χ0n) is 14.4. The molecule has 4 rings (SSSR count). The van der Waals surface area contributed by atoms with Crippen LogP contribution in [0, 0.1) is 6.92 Å². The van der Waals surface area contributed by atoms with E-state index in [1.165, 1.54) is 5.56 Å². The normalized spacial score (nSPS) is 16.8. The van der Waals surface area contributed by atoms with Crippen LogP contribution >= 0.6 is 0 Å². The number of phenols is 1. The van der Waals surface area contributed by atoms with Crippen LogP contribution in [0.15, 0.2) is 54.6 Å². The summed E-state index contributed by atoms with van der Waals surface area (Å²) >= 11 is 0. The molecule has 1 aliphatic heterocycles. The molecule has 0 radical (unpaired) electrons. The van der Waals surface area contributed by atoms with Crippen molar-refractivity contribution in [3.05, 3.63) is 71.4 Å². The van der Waals surface area contributed by atoms with Crippen molar-refractivity contribution in [1.82, 2.24) is 9.88 Å². The van der Waals surface area contributed by atoms with E-state index in [2.05, 4.69) is 22.0 Å². The summed E-state index contributed by atoms with van der Waals surface area (Å²) in [6.07, 6.45) is 0. The molecule has 2 heterocycles. The Kier molecular flexibility index (Phi) is 4.38. The Morgan fingerprint density at radius 2 is 1.72 bits per heavy atom. The lowest BCUT2D eigenvalue weighted by Gasteiger charge is -2.35. The minimum atomic E-state index is -0.00295. The molecule has 1 aromatic heterocycles. The molecule has 1 fully saturated rings. The van der Waals surface area contributed by atoms with E-state index in [0.717, 1.165) is 42.9 Å². The van der Waals surface area contributed by atoms with E-state index in [1.807, 2.05) is 49.4 Å². The summed E-state index contributed by atoms with van der Waals surface area (Å²) < 4.78 is 5.52. The molecule has 0 amide bonds. The van der Waals surface area contributed by atoms with Gasteiger partial charge >= 0.3 is 0 Å². The van der Waals surface area contributed by atoms with Crippen LogP contribution in [-0.4, -0.2) is 41.3 Å². The molecule has 1 aliphatic rings. The molecule has 0 aliphatic carbocycles. The van der Waals surface area contributed by atoms with Crippen molar-refractivity contribution in [2.75, 3.05) is 26.3 Å². The van der Waals surface area contributed by atoms with Crippen molar-refractivity contribution in [1.29, 1.82) is 0 Å². The zero-order valence-corrected chi connectivity index (χ0v) is 14.4. The maximum Gasteiger partial charge on any atom is 0.146 e. The summed E-state index contributed by atoms with van der Waals surface area (Å²) in [5.74, 6) is 0.279. The summed E-state index contributed by atoms with van der Waals surface area (Å²) in [7, 11) is 0. The lowest BCUT2D eigenvalue weighted by Crippen LogP contribution is -2.39. The number of aromatic nitrogens is 1. The van der Waals surface area contributed by atoms with Crippen molar-refractivity contribution in [3.8, 4) is 5.75 Å². The Hall–Kier alpha value is -2.43. The Labute approximate surface area is 147 Å². The van der Waals surface area contributed by atoms with Gasteiger partial charge in [-0.2, -0.15) is 0 Å². The highest BCUT2D eigenvalue weighted by Crippen LogP contribution is 2.38. The third-order valence-electron chi connectivity index (χ3n) is 4.83. The first kappa shape index (κ1) is 16.1. The summed E-state index contributed by atoms with van der Waals surface area (Å²) in [6.45, 7) is 5.07. The molecule has 0 saturated carbocycles. The van der Waals surface area contributed by atoms with Gasteiger partial charge in [0, 0.05) is 29.7 Å². The van der Waals surface area contributed by atoms with Crippen LogP contribution in [0.4, 0.5) is 0 Å². The first-order valence-electron chi connectivity index (χ1n) is 8.70. The molecule has 2 aromatic carbocycles. The van der Waals surface area contributed by atoms with Crippen LogP contribution in [0.3, 0.4) is 0 Å². The van der Waals surface area contributed by atoms with Crippen molar-refractivity contribution in [2.45, 2.75) is 13.0 Å². The second kappa shape index (κ2) is 6.82. The highest BCUT2D eigenvalue weighted by molar-refractivity contribution is 5.86. The smallest absolute Gasteiger partial charge is 0.146 e. The first-order chi connectivity index (χ1) is 12.2. The van der Waals surface area contributed by atoms with E-state index in [9.17, 15) is 5.11 Å². The number of ether oxygens (including phenoxy) is 1. The van der Waals surface area contributed by atoms with Crippen molar-refractivity contribution >= 4 is 10.9 Å². The predicted octanol–water partition coefficient (Wildman–Crippen LogP) is 3.67. The SMILES string of the molecule is Cc1ccc2ccc(C(c3ccccc3)N3CCOCC3)c(O)c2n1. The maximum atomic E-state index is 11.0. The van der Waals surface area contributed by atoms with E-state index >= 15 is 0 Å². The Morgan fingerprint density at radius 1 is 1.00 bits per heavy atom. The van der Waals surface area contributed by atoms with Crippen LogP contribution in [0.25, 0.3) is 10.9 Å². The number of aromatic hydroxyl groups is 1. The van der Waals surface area contributed by atoms with E-state index < -0.39 is 0 Å². The minimum Gasteiger partial charge on any atom is -0.505 e. The topological polar surface area (TPSA) is 45.6 Å². The number of aryl methyl sites for hydroxylation is 1. The van der Waals surface area contributed by atoms with Crippen LogP contribution in [0.1, 0.15) is 22.9 Å². The highest BCUT2D eigenvalue weighted by atomic mass is 16.5. The lowest BCUT2D eigenvalue weighted by atomic mass is 9.94. The number of rotatable bonds is 3. The fraction of sp³-hybridized carbons (Fsp3) is 0.286. The molecule has 25 heavy (non-hydrogen) atoms. The highest BCUT2D eigenvalue weighted by Gasteiger charge is 2.27. The van der Waals surface area contributed by atoms with E-state index in [-0.39, 0.29) is 11.8 Å². The van der Waals surface area contributed by atoms with Gasteiger partial charge in [0.15, 0.2) is 0 Å². The second-order valence-corrected chi connectivity index (χ2v) is 6.49. The summed E-state index contributed by atoms with van der Waals surface area (Å²) in [4.78, 5) is 6.93. The van der Waals surface area contributed by atoms with Gasteiger partial charge in [-0.25, -0.2) is 4.98 Å². The van der Waals surface area contributed by atoms with Crippen LogP contribution in [-0.2, 0) is 4.74 Å². The molecule has 4 heteroatoms. The fourth-order valence-electron chi connectivity index (χ4n) is 3.57. The number of phenolic OH excluding ortho intramolecular Hbond substituents is 1. The van der Waals surface area contributed by atoms with Crippen molar-refractivity contribution in [3.63, 3.8) is 0 Å². The van der Waals surface area contributed by atoms with Gasteiger partial charge in [-0.3, -0.25) is 4.90 Å². The number of nitrogens with zero attached hydrogens (tertiary/aromatic N) is 2. The monoisotopic (exact) mass is 334 g/mol. The van der Waals surface area contributed by atoms with Gasteiger partial charge in [0.25, 0.3) is 0 Å². The molecule has 4 nitrogen and oxygen atoms in total. The molecule has 1 unspecified atom stereocenters. The number of hydrogen-bond donors (Lipinski definition) is 1. The number of pyridine rings is 1. The molecule has 0 spiro atoms. The zero-order chi connectivity index (χ0) is 17.2. The van der Waals surface area contributed by atoms with Gasteiger partial charge in [0.05, 0.1) is 19.3 Å². The summed E-state index contributed by atoms with van der Waals surface area (Å²) in [5, 5.41) is 12.0. The second-order valence-electron chi connectivity index (χ2n) is 6.49. The standard InChI is InChI=1S/C21H22N2O2/c1-15-7-8-16-9-10-18(21(24)19(16)22-15)20(17-5-3-2-4-6-17)23-11-13-25-14-12-23/h2-10,20,24H,11-14H2,1H3. The maximum absolute atomic E-state index is 11.0. The number of fused-ring (bicyclic) bond motifs is 1. The van der Waals surface area contributed by atoms with Gasteiger partial charge in [-0.1, -0.05) is 48.5 Å². The average molecular weight is 334 g/mol. The fourth-order valence-corrected chi connectivity index (χ4v) is 3.57. The quantitative estimate of drug-likeness (QED) is 0.794. The summed E-state index contributed by atoms with van der Waals surface area (Å²) in [6, 6.07) is 18.4. The van der Waals surface area contributed by atoms with E-state index in [0.29, 0.717) is 5.52 Å². The molecule has 1 atom stereocenters. The van der Waals surface area contributed by atoms with Crippen LogP contribution in [0.2, 0.25) is 0 Å². The van der Waals surface area contributed by atoms with E-state index in [4.69, 9.17) is 4.74 Å². The summed E-state index contributed by atoms with van der Waals surface area (Å²) in [5.41, 5.74) is 3.65. The van der Waals surface area contributed by atoms with Crippen molar-refractivity contribution < 1.29 is 9.84 Å². The molecule has 1 N–H and O–H groups in total. The molecular weight excluding hydrogens is 312 g/mol. The van der Waals surface area contributed by atoms with Gasteiger partial charge in [0.2, 0.25) is 0 Å². The molecule has 1 saturated heterocycles. The average Bonchev–Trinajstić information content (AvgIpc) is 2.66.